The van der Waals surface area contributed by atoms with Gasteiger partial charge in [-0.3, -0.25) is 4.98 Å². The highest BCUT2D eigenvalue weighted by atomic mass is 19.2. The van der Waals surface area contributed by atoms with E-state index in [1.165, 1.54) is 29.2 Å². The van der Waals surface area contributed by atoms with Crippen molar-refractivity contribution < 1.29 is 46.7 Å². The van der Waals surface area contributed by atoms with Crippen LogP contribution in [-0.2, 0) is 35.0 Å². The van der Waals surface area contributed by atoms with Gasteiger partial charge in [0.15, 0.2) is 11.6 Å². The number of nitrogens with zero attached hydrogens (tertiary/aromatic N) is 3. The lowest BCUT2D eigenvalue weighted by atomic mass is 10.0. The predicted octanol–water partition coefficient (Wildman–Crippen LogP) is 6.97. The normalized spacial score (nSPS) is 11.8. The molecule has 0 bridgehead atoms. The molecule has 5 rings (SSSR count). The molecule has 3 aromatic heterocycles. The molecule has 272 valence electrons. The maximum absolute atomic E-state index is 15.6. The van der Waals surface area contributed by atoms with Crippen molar-refractivity contribution in [1.82, 2.24) is 14.5 Å². The summed E-state index contributed by atoms with van der Waals surface area (Å²) < 4.78 is 71.1. The van der Waals surface area contributed by atoms with Crippen molar-refractivity contribution in [3.05, 3.63) is 90.4 Å². The molecule has 3 heterocycles. The van der Waals surface area contributed by atoms with Gasteiger partial charge in [-0.1, -0.05) is 30.3 Å². The first-order valence-corrected chi connectivity index (χ1v) is 16.7. The van der Waals surface area contributed by atoms with Gasteiger partial charge in [0.1, 0.15) is 12.2 Å². The van der Waals surface area contributed by atoms with E-state index in [0.29, 0.717) is 82.5 Å². The minimum atomic E-state index is -1.10. The van der Waals surface area contributed by atoms with Crippen LogP contribution in [0, 0.1) is 11.6 Å². The molecular weight excluding hydrogens is 664 g/mol. The molecule has 2 aromatic carbocycles. The highest BCUT2D eigenvalue weighted by Crippen LogP contribution is 2.37. The number of hydrogen-bond acceptors (Lipinski definition) is 10. The van der Waals surface area contributed by atoms with Gasteiger partial charge < -0.3 is 33.2 Å². The molecule has 0 N–H and O–H groups in total. The summed E-state index contributed by atoms with van der Waals surface area (Å²) in [5.74, 6) is -1.88. The largest absolute Gasteiger partial charge is 0.475 e. The Morgan fingerprint density at radius 3 is 1.96 bits per heavy atom. The average molecular weight is 708 g/mol. The summed E-state index contributed by atoms with van der Waals surface area (Å²) >= 11 is 0. The Kier molecular flexibility index (Phi) is 13.8. The summed E-state index contributed by atoms with van der Waals surface area (Å²) in [6, 6.07) is 16.1. The van der Waals surface area contributed by atoms with E-state index in [4.69, 9.17) is 33.2 Å². The lowest BCUT2D eigenvalue weighted by Crippen LogP contribution is -2.27. The van der Waals surface area contributed by atoms with Crippen molar-refractivity contribution in [3.63, 3.8) is 0 Å². The Balaban J connectivity index is 0.991. The van der Waals surface area contributed by atoms with Crippen molar-refractivity contribution in [2.45, 2.75) is 33.0 Å². The quantitative estimate of drug-likeness (QED) is 0.0834. The molecule has 0 saturated heterocycles. The SMILES string of the molecule is CC(C)(C)OC(=O)n1c2ccncc2c2c(F)c(F)c(-c3ccc(OCCOCCOCCOCCOCCOCc4ccccc4)nc3)cc21. The molecule has 0 radical (unpaired) electrons. The fourth-order valence-corrected chi connectivity index (χ4v) is 5.14. The first-order valence-electron chi connectivity index (χ1n) is 16.7. The third kappa shape index (κ3) is 10.7. The summed E-state index contributed by atoms with van der Waals surface area (Å²) in [7, 11) is 0. The van der Waals surface area contributed by atoms with Crippen LogP contribution in [0.25, 0.3) is 32.9 Å². The number of ether oxygens (including phenoxy) is 7. The van der Waals surface area contributed by atoms with Gasteiger partial charge in [-0.25, -0.2) is 23.1 Å². The number of hydrogen-bond donors (Lipinski definition) is 0. The Hall–Kier alpha value is -4.53. The van der Waals surface area contributed by atoms with Crippen molar-refractivity contribution >= 4 is 27.9 Å². The number of halogens is 2. The van der Waals surface area contributed by atoms with Crippen LogP contribution in [0.5, 0.6) is 5.88 Å². The van der Waals surface area contributed by atoms with Crippen LogP contribution in [0.2, 0.25) is 0 Å². The van der Waals surface area contributed by atoms with Crippen molar-refractivity contribution in [3.8, 4) is 17.0 Å². The van der Waals surface area contributed by atoms with Crippen LogP contribution >= 0.6 is 0 Å². The fourth-order valence-electron chi connectivity index (χ4n) is 5.14. The van der Waals surface area contributed by atoms with E-state index in [1.807, 2.05) is 30.3 Å². The first-order chi connectivity index (χ1) is 24.7. The third-order valence-electron chi connectivity index (χ3n) is 7.44. The minimum absolute atomic E-state index is 0.0603. The number of aromatic nitrogens is 3. The summed E-state index contributed by atoms with van der Waals surface area (Å²) in [5.41, 5.74) is 1.06. The number of benzene rings is 2. The molecule has 0 spiro atoms. The predicted molar refractivity (Wildman–Crippen MR) is 187 cm³/mol. The Morgan fingerprint density at radius 1 is 0.725 bits per heavy atom. The molecule has 0 atom stereocenters. The van der Waals surface area contributed by atoms with Crippen LogP contribution in [-0.4, -0.2) is 92.3 Å². The lowest BCUT2D eigenvalue weighted by molar-refractivity contribution is -0.0140. The van der Waals surface area contributed by atoms with Gasteiger partial charge in [0.05, 0.1) is 77.1 Å². The third-order valence-corrected chi connectivity index (χ3v) is 7.44. The van der Waals surface area contributed by atoms with Crippen LogP contribution in [0.4, 0.5) is 13.6 Å². The molecule has 0 unspecified atom stereocenters. The molecule has 0 aliphatic carbocycles. The second-order valence-electron chi connectivity index (χ2n) is 12.4. The van der Waals surface area contributed by atoms with Crippen LogP contribution in [0.1, 0.15) is 26.3 Å². The smallest absolute Gasteiger partial charge is 0.419 e. The molecule has 13 heteroatoms. The zero-order chi connectivity index (χ0) is 36.1. The van der Waals surface area contributed by atoms with Gasteiger partial charge in [0.25, 0.3) is 0 Å². The monoisotopic (exact) mass is 707 g/mol. The van der Waals surface area contributed by atoms with Gasteiger partial charge in [0, 0.05) is 46.6 Å². The molecule has 0 saturated carbocycles. The highest BCUT2D eigenvalue weighted by Gasteiger charge is 2.27. The van der Waals surface area contributed by atoms with Crippen molar-refractivity contribution in [2.75, 3.05) is 66.1 Å². The van der Waals surface area contributed by atoms with Crippen molar-refractivity contribution in [1.29, 1.82) is 0 Å². The van der Waals surface area contributed by atoms with Gasteiger partial charge in [0.2, 0.25) is 5.88 Å². The van der Waals surface area contributed by atoms with Crippen LogP contribution in [0.15, 0.2) is 73.2 Å². The molecule has 51 heavy (non-hydrogen) atoms. The van der Waals surface area contributed by atoms with Gasteiger partial charge in [-0.15, -0.1) is 0 Å². The molecule has 0 amide bonds. The van der Waals surface area contributed by atoms with E-state index in [-0.39, 0.29) is 29.0 Å². The van der Waals surface area contributed by atoms with E-state index < -0.39 is 23.3 Å². The summed E-state index contributed by atoms with van der Waals surface area (Å²) in [6.07, 6.45) is 3.53. The van der Waals surface area contributed by atoms with E-state index in [9.17, 15) is 4.79 Å². The maximum Gasteiger partial charge on any atom is 0.419 e. The summed E-state index contributed by atoms with van der Waals surface area (Å²) in [6.45, 7) is 9.96. The fraction of sp³-hybridized carbons (Fsp3) is 0.395. The molecule has 0 aliphatic rings. The number of carbonyl (C=O) groups is 1. The average Bonchev–Trinajstić information content (AvgIpc) is 3.45. The van der Waals surface area contributed by atoms with E-state index >= 15 is 8.78 Å². The first kappa shape index (κ1) is 37.7. The summed E-state index contributed by atoms with van der Waals surface area (Å²) in [5, 5.41) is 0.232. The van der Waals surface area contributed by atoms with Gasteiger partial charge >= 0.3 is 6.09 Å². The number of fused-ring (bicyclic) bond motifs is 3. The van der Waals surface area contributed by atoms with E-state index in [2.05, 4.69) is 9.97 Å². The Labute approximate surface area is 295 Å². The van der Waals surface area contributed by atoms with Crippen LogP contribution in [0.3, 0.4) is 0 Å². The second kappa shape index (κ2) is 18.6. The highest BCUT2D eigenvalue weighted by molar-refractivity contribution is 6.13. The molecule has 0 aliphatic heterocycles. The molecule has 0 fully saturated rings. The zero-order valence-corrected chi connectivity index (χ0v) is 29.1. The standard InChI is InChI=1S/C38H43F2N3O8/c1-38(2,3)51-37(44)43-31-11-12-41-25-30(31)34-32(43)23-29(35(39)36(34)40)28-9-10-33(42-24-28)50-22-21-48-18-17-46-14-13-45-15-16-47-19-20-49-26-27-7-5-4-6-8-27/h4-12,23-25H,13-22,26H2,1-3H3. The minimum Gasteiger partial charge on any atom is -0.475 e. The Morgan fingerprint density at radius 2 is 1.35 bits per heavy atom. The van der Waals surface area contributed by atoms with E-state index in [0.717, 1.165) is 5.56 Å². The lowest BCUT2D eigenvalue weighted by Gasteiger charge is -2.20. The van der Waals surface area contributed by atoms with Gasteiger partial charge in [-0.05, 0) is 44.5 Å². The second-order valence-corrected chi connectivity index (χ2v) is 12.4. The number of carbonyl (C=O) groups excluding carboxylic acids is 1. The van der Waals surface area contributed by atoms with Gasteiger partial charge in [-0.2, -0.15) is 0 Å². The summed E-state index contributed by atoms with van der Waals surface area (Å²) in [4.78, 5) is 21.5. The molecule has 11 nitrogen and oxygen atoms in total. The number of rotatable bonds is 19. The van der Waals surface area contributed by atoms with Crippen LogP contribution < -0.4 is 4.74 Å². The van der Waals surface area contributed by atoms with E-state index in [1.54, 1.807) is 39.0 Å². The topological polar surface area (TPSA) is 112 Å². The molecule has 5 aromatic rings. The van der Waals surface area contributed by atoms with Crippen molar-refractivity contribution in [2.24, 2.45) is 0 Å². The Bertz CT molecular complexity index is 1850. The maximum atomic E-state index is 15.6. The molecular formula is C38H43F2N3O8. The number of pyridine rings is 2. The zero-order valence-electron chi connectivity index (χ0n) is 29.1.